The second-order valence-corrected chi connectivity index (χ2v) is 5.10. The van der Waals surface area contributed by atoms with Crippen molar-refractivity contribution in [3.05, 3.63) is 10.6 Å². The van der Waals surface area contributed by atoms with Crippen molar-refractivity contribution in [3.63, 3.8) is 0 Å². The molecule has 1 rings (SSSR count). The second kappa shape index (κ2) is 7.05. The lowest BCUT2D eigenvalue weighted by atomic mass is 10.2. The third-order valence-electron chi connectivity index (χ3n) is 2.44. The van der Waals surface area contributed by atoms with Crippen LogP contribution in [-0.4, -0.2) is 39.8 Å². The largest absolute Gasteiger partial charge is 0.479 e. The maximum Gasteiger partial charge on any atom is 0.332 e. The average Bonchev–Trinajstić information content (AvgIpc) is 2.68. The molecule has 0 aliphatic carbocycles. The summed E-state index contributed by atoms with van der Waals surface area (Å²) in [5.74, 6) is -1.30. The summed E-state index contributed by atoms with van der Waals surface area (Å²) in [6.45, 7) is 3.99. The zero-order chi connectivity index (χ0) is 14.4. The van der Waals surface area contributed by atoms with Gasteiger partial charge in [-0.25, -0.2) is 14.6 Å². The molecule has 7 nitrogen and oxygen atoms in total. The number of aliphatic hydroxyl groups excluding tert-OH is 1. The van der Waals surface area contributed by atoms with E-state index in [1.165, 1.54) is 11.3 Å². The van der Waals surface area contributed by atoms with Gasteiger partial charge in [-0.1, -0.05) is 6.92 Å². The first kappa shape index (κ1) is 15.4. The van der Waals surface area contributed by atoms with Crippen LogP contribution in [0, 0.1) is 6.92 Å². The van der Waals surface area contributed by atoms with Crippen LogP contribution >= 0.6 is 11.3 Å². The first-order valence-electron chi connectivity index (χ1n) is 5.86. The van der Waals surface area contributed by atoms with Crippen molar-refractivity contribution >= 4 is 28.5 Å². The molecular formula is C11H17N3O4S. The van der Waals surface area contributed by atoms with Gasteiger partial charge in [-0.15, -0.1) is 11.3 Å². The van der Waals surface area contributed by atoms with Crippen LogP contribution < -0.4 is 10.6 Å². The first-order valence-corrected chi connectivity index (χ1v) is 6.67. The monoisotopic (exact) mass is 287 g/mol. The van der Waals surface area contributed by atoms with Gasteiger partial charge in [-0.05, 0) is 13.3 Å². The molecule has 0 fully saturated rings. The summed E-state index contributed by atoms with van der Waals surface area (Å²) < 4.78 is 0. The van der Waals surface area contributed by atoms with Crippen molar-refractivity contribution in [1.29, 1.82) is 0 Å². The van der Waals surface area contributed by atoms with E-state index in [2.05, 4.69) is 15.6 Å². The van der Waals surface area contributed by atoms with Gasteiger partial charge in [0.05, 0.1) is 5.69 Å². The van der Waals surface area contributed by atoms with Crippen LogP contribution in [0.15, 0.2) is 0 Å². The molecule has 1 atom stereocenters. The molecule has 0 bridgehead atoms. The van der Waals surface area contributed by atoms with Crippen molar-refractivity contribution < 1.29 is 19.8 Å². The molecule has 1 aromatic rings. The molecule has 0 aliphatic rings. The molecule has 19 heavy (non-hydrogen) atoms. The number of aliphatic hydroxyl groups is 1. The van der Waals surface area contributed by atoms with Crippen LogP contribution in [0.3, 0.4) is 0 Å². The number of aromatic nitrogens is 1. The number of carbonyl (C=O) groups excluding carboxylic acids is 1. The third-order valence-corrected chi connectivity index (χ3v) is 3.36. The van der Waals surface area contributed by atoms with Crippen LogP contribution in [0.2, 0.25) is 0 Å². The Balaban J connectivity index is 2.36. The van der Waals surface area contributed by atoms with Gasteiger partial charge in [0.25, 0.3) is 0 Å². The number of hydrogen-bond acceptors (Lipinski definition) is 5. The Morgan fingerprint density at radius 1 is 1.47 bits per heavy atom. The number of nitrogens with one attached hydrogen (secondary N) is 2. The molecule has 0 aliphatic heterocycles. The lowest BCUT2D eigenvalue weighted by molar-refractivity contribution is -0.146. The predicted octanol–water partition coefficient (Wildman–Crippen LogP) is 0.971. The maximum atomic E-state index is 11.5. The van der Waals surface area contributed by atoms with Crippen LogP contribution in [-0.2, 0) is 11.2 Å². The number of aliphatic carboxylic acids is 1. The number of anilines is 1. The molecule has 0 spiro atoms. The zero-order valence-corrected chi connectivity index (χ0v) is 11.6. The minimum atomic E-state index is -1.46. The second-order valence-electron chi connectivity index (χ2n) is 3.90. The number of rotatable bonds is 6. The van der Waals surface area contributed by atoms with E-state index in [0.29, 0.717) is 5.13 Å². The quantitative estimate of drug-likeness (QED) is 0.623. The number of thiazole rings is 1. The van der Waals surface area contributed by atoms with Gasteiger partial charge in [0.2, 0.25) is 0 Å². The molecule has 1 aromatic heterocycles. The molecule has 0 saturated heterocycles. The molecule has 0 radical (unpaired) electrons. The highest BCUT2D eigenvalue weighted by Gasteiger charge is 2.13. The maximum absolute atomic E-state index is 11.5. The number of amides is 2. The number of aryl methyl sites for hydroxylation is 2. The summed E-state index contributed by atoms with van der Waals surface area (Å²) in [4.78, 5) is 27.1. The molecule has 0 saturated carbocycles. The average molecular weight is 287 g/mol. The van der Waals surface area contributed by atoms with Crippen molar-refractivity contribution in [1.82, 2.24) is 10.3 Å². The van der Waals surface area contributed by atoms with Gasteiger partial charge in [-0.3, -0.25) is 5.32 Å². The van der Waals surface area contributed by atoms with Crippen molar-refractivity contribution in [2.24, 2.45) is 0 Å². The molecule has 2 amide bonds. The van der Waals surface area contributed by atoms with Gasteiger partial charge in [0.1, 0.15) is 0 Å². The summed E-state index contributed by atoms with van der Waals surface area (Å²) in [5, 5.41) is 23.0. The number of hydrogen-bond donors (Lipinski definition) is 4. The van der Waals surface area contributed by atoms with E-state index in [1.807, 2.05) is 13.8 Å². The van der Waals surface area contributed by atoms with Gasteiger partial charge in [0, 0.05) is 17.8 Å². The van der Waals surface area contributed by atoms with E-state index in [1.54, 1.807) is 0 Å². The number of nitrogens with zero attached hydrogens (tertiary/aromatic N) is 1. The Morgan fingerprint density at radius 2 is 2.16 bits per heavy atom. The van der Waals surface area contributed by atoms with Gasteiger partial charge in [-0.2, -0.15) is 0 Å². The first-order chi connectivity index (χ1) is 8.93. The number of carbonyl (C=O) groups is 2. The third kappa shape index (κ3) is 4.84. The summed E-state index contributed by atoms with van der Waals surface area (Å²) >= 11 is 1.39. The topological polar surface area (TPSA) is 112 Å². The number of urea groups is 1. The molecule has 0 aromatic carbocycles. The fourth-order valence-electron chi connectivity index (χ4n) is 1.40. The van der Waals surface area contributed by atoms with Crippen molar-refractivity contribution in [2.45, 2.75) is 32.8 Å². The Bertz CT molecular complexity index is 461. The van der Waals surface area contributed by atoms with E-state index in [9.17, 15) is 9.59 Å². The lowest BCUT2D eigenvalue weighted by Gasteiger charge is -2.07. The Kier molecular flexibility index (Phi) is 5.71. The highest BCUT2D eigenvalue weighted by Crippen LogP contribution is 2.21. The van der Waals surface area contributed by atoms with Crippen molar-refractivity contribution in [2.75, 3.05) is 11.9 Å². The van der Waals surface area contributed by atoms with Crippen LogP contribution in [0.1, 0.15) is 23.9 Å². The molecule has 8 heteroatoms. The number of carboxylic acid groups (broad SMARTS) is 1. The smallest absolute Gasteiger partial charge is 0.332 e. The molecule has 0 unspecified atom stereocenters. The molecule has 106 valence electrons. The Hall–Kier alpha value is -1.67. The van der Waals surface area contributed by atoms with Gasteiger partial charge in [0.15, 0.2) is 11.2 Å². The van der Waals surface area contributed by atoms with E-state index in [-0.39, 0.29) is 13.0 Å². The van der Waals surface area contributed by atoms with Gasteiger partial charge >= 0.3 is 12.0 Å². The van der Waals surface area contributed by atoms with E-state index < -0.39 is 18.1 Å². The van der Waals surface area contributed by atoms with Crippen LogP contribution in [0.25, 0.3) is 0 Å². The summed E-state index contributed by atoms with van der Waals surface area (Å²) in [5.41, 5.74) is 0.946. The Morgan fingerprint density at radius 3 is 2.68 bits per heavy atom. The van der Waals surface area contributed by atoms with Gasteiger partial charge < -0.3 is 15.5 Å². The van der Waals surface area contributed by atoms with E-state index in [4.69, 9.17) is 10.2 Å². The van der Waals surface area contributed by atoms with Crippen molar-refractivity contribution in [3.8, 4) is 0 Å². The summed E-state index contributed by atoms with van der Waals surface area (Å²) in [7, 11) is 0. The molecule has 1 heterocycles. The Labute approximate surface area is 114 Å². The highest BCUT2D eigenvalue weighted by molar-refractivity contribution is 7.15. The fraction of sp³-hybridized carbons (Fsp3) is 0.545. The fourth-order valence-corrected chi connectivity index (χ4v) is 2.29. The van der Waals surface area contributed by atoms with E-state index in [0.717, 1.165) is 17.0 Å². The minimum Gasteiger partial charge on any atom is -0.479 e. The van der Waals surface area contributed by atoms with Crippen LogP contribution in [0.5, 0.6) is 0 Å². The van der Waals surface area contributed by atoms with Crippen LogP contribution in [0.4, 0.5) is 9.93 Å². The summed E-state index contributed by atoms with van der Waals surface area (Å²) in [6, 6.07) is -0.464. The SMILES string of the molecule is CCc1nc(NC(=O)NCC[C@H](O)C(=O)O)sc1C. The normalized spacial score (nSPS) is 11.9. The predicted molar refractivity (Wildman–Crippen MR) is 71.5 cm³/mol. The zero-order valence-electron chi connectivity index (χ0n) is 10.8. The highest BCUT2D eigenvalue weighted by atomic mass is 32.1. The standard InChI is InChI=1S/C11H17N3O4S/c1-3-7-6(2)19-11(13-7)14-10(18)12-5-4-8(15)9(16)17/h8,15H,3-5H2,1-2H3,(H,16,17)(H2,12,13,14,18)/t8-/m0/s1. The molecular weight excluding hydrogens is 270 g/mol. The minimum absolute atomic E-state index is 0.0418. The van der Waals surface area contributed by atoms with E-state index >= 15 is 0 Å². The molecule has 4 N–H and O–H groups in total. The number of carboxylic acids is 1. The lowest BCUT2D eigenvalue weighted by Crippen LogP contribution is -2.33. The summed E-state index contributed by atoms with van der Waals surface area (Å²) in [6.07, 6.45) is -0.704.